The predicted octanol–water partition coefficient (Wildman–Crippen LogP) is -1.18. The van der Waals surface area contributed by atoms with Crippen LogP contribution in [0.2, 0.25) is 0 Å². The van der Waals surface area contributed by atoms with Gasteiger partial charge >= 0.3 is 0 Å². The molecule has 6 saturated heterocycles. The molecular formula is C57H102N2O28. The van der Waals surface area contributed by atoms with Gasteiger partial charge in [-0.25, -0.2) is 0 Å². The van der Waals surface area contributed by atoms with Crippen LogP contribution in [0, 0.1) is 12.3 Å². The molecule has 3 N–H and O–H groups in total. The summed E-state index contributed by atoms with van der Waals surface area (Å²) in [5.41, 5.74) is 6.33. The Bertz CT molecular complexity index is 1970. The normalized spacial score (nSPS) is 43.4. The molecule has 30 heteroatoms. The molecule has 6 rings (SSSR count). The number of hydrogen-bond acceptors (Lipinski definition) is 29. The lowest BCUT2D eigenvalue weighted by molar-refractivity contribution is -0.381. The maximum absolute atomic E-state index is 12.0. The molecule has 508 valence electrons. The largest absolute Gasteiger partial charge is 0.382 e. The minimum Gasteiger partial charge on any atom is -0.382 e. The summed E-state index contributed by atoms with van der Waals surface area (Å²) in [6.45, 7) is 6.25. The molecule has 6 heterocycles. The van der Waals surface area contributed by atoms with Crippen LogP contribution in [-0.4, -0.2) is 337 Å². The van der Waals surface area contributed by atoms with Crippen molar-refractivity contribution in [2.75, 3.05) is 147 Å². The van der Waals surface area contributed by atoms with Crippen LogP contribution in [0.15, 0.2) is 0 Å². The Labute approximate surface area is 512 Å². The van der Waals surface area contributed by atoms with Crippen molar-refractivity contribution < 1.29 is 133 Å². The van der Waals surface area contributed by atoms with Gasteiger partial charge in [0.15, 0.2) is 31.5 Å². The van der Waals surface area contributed by atoms with Gasteiger partial charge in [0.2, 0.25) is 0 Å². The van der Waals surface area contributed by atoms with Crippen molar-refractivity contribution in [1.29, 1.82) is 0 Å². The minimum absolute atomic E-state index is 0.114. The van der Waals surface area contributed by atoms with Gasteiger partial charge in [-0.15, -0.1) is 6.42 Å². The number of nitrogens with one attached hydrogen (secondary N) is 1. The van der Waals surface area contributed by atoms with E-state index in [-0.39, 0.29) is 38.6 Å². The standard InChI is InChI=1S/C30H51NO14.C27H51NO14/c1-12-19(32)31-20-15(2)42-29(27(39-10)24(20)36-7)44-23-18(14-34-5)43-30(28(40-11)26(23)38-9)45-22-17(13-33-4)41-16(3)21(35-6)25(22)37-8;1-13-16(28)19(31-4)22(34-7)26(38-13)41-18-15(12-30-3)40-27(24(36-9)21(18)33-6)42-17-14(11-29-2)39-25(37-10)23(35-8)20(17)32-5/h1,15-18,20-30H,13-14H2,2-11H3,(H,31,32);13-27H,11-12,28H2,1-10H3/t15?,16?,17?,18?,20?,21?,22?,23?,24?,25-,26?,27?,28?,29?,30?;/m0./s1. The monoisotopic (exact) mass is 1260 g/mol. The fourth-order valence-corrected chi connectivity index (χ4v) is 12.4. The Morgan fingerprint density at radius 2 is 0.632 bits per heavy atom. The van der Waals surface area contributed by atoms with E-state index in [0.717, 1.165) is 0 Å². The Balaban J connectivity index is 0.000000318. The van der Waals surface area contributed by atoms with Crippen LogP contribution < -0.4 is 11.1 Å². The highest BCUT2D eigenvalue weighted by molar-refractivity contribution is 5.93. The molecule has 30 atom stereocenters. The van der Waals surface area contributed by atoms with Gasteiger partial charge in [-0.2, -0.15) is 0 Å². The van der Waals surface area contributed by atoms with E-state index in [9.17, 15) is 4.79 Å². The second-order valence-electron chi connectivity index (χ2n) is 21.5. The second kappa shape index (κ2) is 37.6. The van der Waals surface area contributed by atoms with E-state index in [2.05, 4.69) is 11.2 Å². The van der Waals surface area contributed by atoms with E-state index in [4.69, 9.17) is 140 Å². The van der Waals surface area contributed by atoms with E-state index < -0.39 is 178 Å². The molecule has 6 aliphatic rings. The number of rotatable bonds is 30. The smallest absolute Gasteiger partial charge is 0.296 e. The maximum Gasteiger partial charge on any atom is 0.296 e. The number of hydrogen-bond donors (Lipinski definition) is 2. The Kier molecular flexibility index (Phi) is 32.7. The first-order chi connectivity index (χ1) is 41.9. The van der Waals surface area contributed by atoms with Crippen LogP contribution in [0.3, 0.4) is 0 Å². The van der Waals surface area contributed by atoms with Crippen molar-refractivity contribution in [3.05, 3.63) is 0 Å². The highest BCUT2D eigenvalue weighted by Gasteiger charge is 2.58. The number of amides is 1. The quantitative estimate of drug-likeness (QED) is 0.0800. The van der Waals surface area contributed by atoms with Gasteiger partial charge in [0.25, 0.3) is 5.91 Å². The van der Waals surface area contributed by atoms with Crippen LogP contribution in [-0.2, 0) is 133 Å². The van der Waals surface area contributed by atoms with Gasteiger partial charge < -0.3 is 139 Å². The third kappa shape index (κ3) is 17.8. The first-order valence-corrected chi connectivity index (χ1v) is 28.9. The highest BCUT2D eigenvalue weighted by Crippen LogP contribution is 2.39. The summed E-state index contributed by atoms with van der Waals surface area (Å²) in [5, 5.41) is 2.74. The van der Waals surface area contributed by atoms with Crippen LogP contribution >= 0.6 is 0 Å². The van der Waals surface area contributed by atoms with Crippen molar-refractivity contribution in [3.63, 3.8) is 0 Å². The number of methoxy groups -OCH3 is 17. The molecule has 0 spiro atoms. The van der Waals surface area contributed by atoms with Gasteiger partial charge in [-0.1, -0.05) is 0 Å². The molecule has 6 fully saturated rings. The molecule has 29 unspecified atom stereocenters. The van der Waals surface area contributed by atoms with Crippen molar-refractivity contribution in [2.45, 2.75) is 205 Å². The molecule has 1 amide bonds. The molecule has 0 radical (unpaired) electrons. The first-order valence-electron chi connectivity index (χ1n) is 28.9. The summed E-state index contributed by atoms with van der Waals surface area (Å²) in [5.74, 6) is 1.46. The molecular weight excluding hydrogens is 1160 g/mol. The second-order valence-corrected chi connectivity index (χ2v) is 21.5. The fraction of sp³-hybridized carbons (Fsp3) is 0.947. The summed E-state index contributed by atoms with van der Waals surface area (Å²) < 4.78 is 161. The Morgan fingerprint density at radius 3 is 0.966 bits per heavy atom. The lowest BCUT2D eigenvalue weighted by Crippen LogP contribution is -2.68. The summed E-state index contributed by atoms with van der Waals surface area (Å²) in [6, 6.07) is -1.02. The molecule has 0 saturated carbocycles. The number of carbonyl (C=O) groups is 1. The minimum atomic E-state index is -0.964. The van der Waals surface area contributed by atoms with Gasteiger partial charge in [-0.05, 0) is 26.7 Å². The van der Waals surface area contributed by atoms with Crippen LogP contribution in [0.1, 0.15) is 20.8 Å². The average molecular weight is 1260 g/mol. The van der Waals surface area contributed by atoms with Gasteiger partial charge in [-0.3, -0.25) is 4.79 Å². The molecule has 6 aliphatic heterocycles. The van der Waals surface area contributed by atoms with Crippen molar-refractivity contribution >= 4 is 5.91 Å². The molecule has 0 aromatic carbocycles. The molecule has 0 aliphatic carbocycles. The third-order valence-corrected chi connectivity index (χ3v) is 16.7. The lowest BCUT2D eigenvalue weighted by Gasteiger charge is -2.51. The molecule has 0 bridgehead atoms. The first kappa shape index (κ1) is 75.6. The highest BCUT2D eigenvalue weighted by atomic mass is 16.8. The summed E-state index contributed by atoms with van der Waals surface area (Å²) in [4.78, 5) is 12.0. The summed E-state index contributed by atoms with van der Waals surface area (Å²) in [7, 11) is 26.4. The fourth-order valence-electron chi connectivity index (χ4n) is 12.4. The number of terminal acetylenes is 1. The Hall–Kier alpha value is -2.09. The maximum atomic E-state index is 12.0. The molecule has 0 aromatic heterocycles. The summed E-state index contributed by atoms with van der Waals surface area (Å²) in [6.07, 6.45) is -13.2. The molecule has 87 heavy (non-hydrogen) atoms. The zero-order valence-electron chi connectivity index (χ0n) is 54.2. The van der Waals surface area contributed by atoms with Crippen molar-refractivity contribution in [2.24, 2.45) is 5.73 Å². The lowest BCUT2D eigenvalue weighted by atomic mass is 9.94. The van der Waals surface area contributed by atoms with E-state index >= 15 is 0 Å². The zero-order chi connectivity index (χ0) is 64.2. The van der Waals surface area contributed by atoms with E-state index in [1.165, 1.54) is 35.5 Å². The van der Waals surface area contributed by atoms with Gasteiger partial charge in [0.05, 0.1) is 56.8 Å². The number of ether oxygens (including phenoxy) is 27. The number of nitrogens with two attached hydrogens (primary N) is 1. The molecule has 30 nitrogen and oxygen atoms in total. The zero-order valence-corrected chi connectivity index (χ0v) is 54.2. The topological polar surface area (TPSA) is 304 Å². The van der Waals surface area contributed by atoms with E-state index in [1.54, 1.807) is 92.2 Å². The Morgan fingerprint density at radius 1 is 0.345 bits per heavy atom. The van der Waals surface area contributed by atoms with Crippen LogP contribution in [0.4, 0.5) is 0 Å². The van der Waals surface area contributed by atoms with Crippen molar-refractivity contribution in [3.8, 4) is 12.3 Å². The van der Waals surface area contributed by atoms with Gasteiger partial charge in [0, 0.05) is 121 Å². The van der Waals surface area contributed by atoms with E-state index in [1.807, 2.05) is 13.8 Å². The average Bonchev–Trinajstić information content (AvgIpc) is 1.40. The van der Waals surface area contributed by atoms with Crippen LogP contribution in [0.25, 0.3) is 0 Å². The summed E-state index contributed by atoms with van der Waals surface area (Å²) >= 11 is 0. The van der Waals surface area contributed by atoms with E-state index in [0.29, 0.717) is 0 Å². The number of carbonyl (C=O) groups excluding carboxylic acids is 1. The van der Waals surface area contributed by atoms with Crippen molar-refractivity contribution in [1.82, 2.24) is 5.32 Å². The molecule has 0 aromatic rings. The SMILES string of the molecule is C#CC(=O)NC1C(C)OC(OC2C(COC)OC(OC3C(COC)OC(C)C(OC)[C@@H]3OC)C(OC)C2OC)C(OC)C1OC.COCC1OC(OC2C(COC)OC(OC)C(OC)C2OC)C(OC)C(OC)C1OC1OC(C)C(N)C(OC)C1OC. The third-order valence-electron chi connectivity index (χ3n) is 16.7. The van der Waals surface area contributed by atoms with Crippen LogP contribution in [0.5, 0.6) is 0 Å². The van der Waals surface area contributed by atoms with Gasteiger partial charge in [0.1, 0.15) is 122 Å². The predicted molar refractivity (Wildman–Crippen MR) is 301 cm³/mol.